The predicted molar refractivity (Wildman–Crippen MR) is 66.0 cm³/mol. The maximum atomic E-state index is 6.00. The largest absolute Gasteiger partial charge is 0.316 e. The minimum Gasteiger partial charge on any atom is -0.316 e. The van der Waals surface area contributed by atoms with Gasteiger partial charge in [-0.15, -0.1) is 21.5 Å². The SMILES string of the molecule is Clc1ccc2scc(Cn3cnnc3)c2c1. The number of halogens is 1. The molecule has 0 saturated carbocycles. The van der Waals surface area contributed by atoms with Gasteiger partial charge in [-0.3, -0.25) is 0 Å². The molecule has 16 heavy (non-hydrogen) atoms. The van der Waals surface area contributed by atoms with E-state index in [2.05, 4.69) is 21.6 Å². The van der Waals surface area contributed by atoms with E-state index in [-0.39, 0.29) is 0 Å². The van der Waals surface area contributed by atoms with Crippen molar-refractivity contribution in [2.45, 2.75) is 6.54 Å². The van der Waals surface area contributed by atoms with Gasteiger partial charge in [0, 0.05) is 9.72 Å². The molecule has 0 unspecified atom stereocenters. The van der Waals surface area contributed by atoms with Crippen molar-refractivity contribution in [1.82, 2.24) is 14.8 Å². The number of hydrogen-bond donors (Lipinski definition) is 0. The third kappa shape index (κ3) is 1.70. The molecule has 0 bridgehead atoms. The third-order valence-electron chi connectivity index (χ3n) is 2.44. The van der Waals surface area contributed by atoms with Gasteiger partial charge in [0.25, 0.3) is 0 Å². The summed E-state index contributed by atoms with van der Waals surface area (Å²) in [6.07, 6.45) is 3.43. The third-order valence-corrected chi connectivity index (χ3v) is 3.68. The lowest BCUT2D eigenvalue weighted by Gasteiger charge is -2.00. The molecule has 0 aliphatic rings. The first kappa shape index (κ1) is 9.81. The summed E-state index contributed by atoms with van der Waals surface area (Å²) >= 11 is 7.73. The lowest BCUT2D eigenvalue weighted by Crippen LogP contribution is -1.94. The van der Waals surface area contributed by atoms with Gasteiger partial charge in [0.1, 0.15) is 12.7 Å². The van der Waals surface area contributed by atoms with E-state index in [1.807, 2.05) is 16.7 Å². The number of aromatic nitrogens is 3. The van der Waals surface area contributed by atoms with Crippen LogP contribution in [-0.2, 0) is 6.54 Å². The molecule has 0 spiro atoms. The van der Waals surface area contributed by atoms with Crippen molar-refractivity contribution in [3.63, 3.8) is 0 Å². The molecule has 0 aliphatic heterocycles. The van der Waals surface area contributed by atoms with Gasteiger partial charge in [-0.2, -0.15) is 0 Å². The van der Waals surface area contributed by atoms with Crippen LogP contribution in [0.25, 0.3) is 10.1 Å². The fraction of sp³-hybridized carbons (Fsp3) is 0.0909. The van der Waals surface area contributed by atoms with E-state index < -0.39 is 0 Å². The molecule has 0 radical (unpaired) electrons. The molecule has 0 atom stereocenters. The van der Waals surface area contributed by atoms with Crippen molar-refractivity contribution in [2.24, 2.45) is 0 Å². The topological polar surface area (TPSA) is 30.7 Å². The van der Waals surface area contributed by atoms with Gasteiger partial charge < -0.3 is 4.57 Å². The quantitative estimate of drug-likeness (QED) is 0.698. The Morgan fingerprint density at radius 2 is 2.06 bits per heavy atom. The van der Waals surface area contributed by atoms with Gasteiger partial charge in [0.15, 0.2) is 0 Å². The van der Waals surface area contributed by atoms with Crippen molar-refractivity contribution in [3.8, 4) is 0 Å². The summed E-state index contributed by atoms with van der Waals surface area (Å²) in [6.45, 7) is 0.785. The summed E-state index contributed by atoms with van der Waals surface area (Å²) in [5, 5.41) is 11.7. The Kier molecular flexibility index (Phi) is 2.38. The average molecular weight is 250 g/mol. The van der Waals surface area contributed by atoms with Crippen LogP contribution >= 0.6 is 22.9 Å². The highest BCUT2D eigenvalue weighted by atomic mass is 35.5. The number of nitrogens with zero attached hydrogens (tertiary/aromatic N) is 3. The van der Waals surface area contributed by atoms with Crippen LogP contribution in [0.15, 0.2) is 36.2 Å². The van der Waals surface area contributed by atoms with Crippen LogP contribution in [0.3, 0.4) is 0 Å². The lowest BCUT2D eigenvalue weighted by molar-refractivity contribution is 0.801. The van der Waals surface area contributed by atoms with Gasteiger partial charge >= 0.3 is 0 Å². The highest BCUT2D eigenvalue weighted by Gasteiger charge is 2.05. The Morgan fingerprint density at radius 3 is 2.88 bits per heavy atom. The average Bonchev–Trinajstić information content (AvgIpc) is 2.90. The van der Waals surface area contributed by atoms with E-state index in [0.717, 1.165) is 11.6 Å². The molecule has 2 aromatic heterocycles. The molecule has 0 N–H and O–H groups in total. The Morgan fingerprint density at radius 1 is 1.25 bits per heavy atom. The molecule has 2 heterocycles. The molecule has 5 heteroatoms. The Balaban J connectivity index is 2.07. The molecular weight excluding hydrogens is 242 g/mol. The summed E-state index contributed by atoms with van der Waals surface area (Å²) < 4.78 is 3.20. The van der Waals surface area contributed by atoms with Crippen LogP contribution in [0.4, 0.5) is 0 Å². The van der Waals surface area contributed by atoms with E-state index in [1.54, 1.807) is 24.0 Å². The van der Waals surface area contributed by atoms with Crippen molar-refractivity contribution >= 4 is 33.0 Å². The molecule has 0 aliphatic carbocycles. The van der Waals surface area contributed by atoms with Crippen LogP contribution in [0.1, 0.15) is 5.56 Å². The smallest absolute Gasteiger partial charge is 0.119 e. The molecule has 0 saturated heterocycles. The summed E-state index contributed by atoms with van der Waals surface area (Å²) in [7, 11) is 0. The van der Waals surface area contributed by atoms with Crippen molar-refractivity contribution in [1.29, 1.82) is 0 Å². The summed E-state index contributed by atoms with van der Waals surface area (Å²) in [5.41, 5.74) is 1.25. The zero-order valence-electron chi connectivity index (χ0n) is 8.30. The monoisotopic (exact) mass is 249 g/mol. The normalized spacial score (nSPS) is 11.1. The second kappa shape index (κ2) is 3.88. The number of fused-ring (bicyclic) bond motifs is 1. The predicted octanol–water partition coefficient (Wildman–Crippen LogP) is 3.19. The highest BCUT2D eigenvalue weighted by Crippen LogP contribution is 2.28. The minimum absolute atomic E-state index is 0.774. The molecule has 3 nitrogen and oxygen atoms in total. The van der Waals surface area contributed by atoms with E-state index in [0.29, 0.717) is 0 Å². The fourth-order valence-electron chi connectivity index (χ4n) is 1.68. The first-order chi connectivity index (χ1) is 7.83. The first-order valence-electron chi connectivity index (χ1n) is 4.81. The van der Waals surface area contributed by atoms with E-state index in [4.69, 9.17) is 11.6 Å². The van der Waals surface area contributed by atoms with Crippen LogP contribution in [0.5, 0.6) is 0 Å². The van der Waals surface area contributed by atoms with Gasteiger partial charge in [-0.1, -0.05) is 11.6 Å². The minimum atomic E-state index is 0.774. The maximum Gasteiger partial charge on any atom is 0.119 e. The zero-order chi connectivity index (χ0) is 11.0. The number of rotatable bonds is 2. The Labute approximate surface area is 101 Å². The second-order valence-electron chi connectivity index (χ2n) is 3.54. The number of hydrogen-bond acceptors (Lipinski definition) is 3. The Bertz CT molecular complexity index is 615. The lowest BCUT2D eigenvalue weighted by atomic mass is 10.2. The molecule has 0 amide bonds. The van der Waals surface area contributed by atoms with Crippen molar-refractivity contribution in [2.75, 3.05) is 0 Å². The fourth-order valence-corrected chi connectivity index (χ4v) is 2.78. The number of thiophene rings is 1. The van der Waals surface area contributed by atoms with Gasteiger partial charge in [0.05, 0.1) is 6.54 Å². The van der Waals surface area contributed by atoms with Gasteiger partial charge in [0.2, 0.25) is 0 Å². The van der Waals surface area contributed by atoms with Gasteiger partial charge in [-0.25, -0.2) is 0 Å². The van der Waals surface area contributed by atoms with Crippen LogP contribution in [-0.4, -0.2) is 14.8 Å². The summed E-state index contributed by atoms with van der Waals surface area (Å²) in [4.78, 5) is 0. The summed E-state index contributed by atoms with van der Waals surface area (Å²) in [6, 6.07) is 5.98. The number of benzene rings is 1. The second-order valence-corrected chi connectivity index (χ2v) is 4.88. The van der Waals surface area contributed by atoms with Crippen molar-refractivity contribution in [3.05, 3.63) is 46.8 Å². The zero-order valence-corrected chi connectivity index (χ0v) is 9.87. The maximum absolute atomic E-state index is 6.00. The van der Waals surface area contributed by atoms with Gasteiger partial charge in [-0.05, 0) is 34.5 Å². The molecule has 80 valence electrons. The van der Waals surface area contributed by atoms with Crippen LogP contribution in [0.2, 0.25) is 5.02 Å². The van der Waals surface area contributed by atoms with E-state index >= 15 is 0 Å². The van der Waals surface area contributed by atoms with E-state index in [1.165, 1.54) is 15.6 Å². The molecule has 3 aromatic rings. The highest BCUT2D eigenvalue weighted by molar-refractivity contribution is 7.17. The first-order valence-corrected chi connectivity index (χ1v) is 6.07. The molecule has 3 rings (SSSR count). The molecular formula is C11H8ClN3S. The Hall–Kier alpha value is -1.39. The summed E-state index contributed by atoms with van der Waals surface area (Å²) in [5.74, 6) is 0. The molecule has 1 aromatic carbocycles. The molecule has 0 fully saturated rings. The van der Waals surface area contributed by atoms with Crippen molar-refractivity contribution < 1.29 is 0 Å². The van der Waals surface area contributed by atoms with Crippen LogP contribution < -0.4 is 0 Å². The van der Waals surface area contributed by atoms with Crippen LogP contribution in [0, 0.1) is 0 Å². The standard InChI is InChI=1S/C11H8ClN3S/c12-9-1-2-11-10(3-9)8(5-16-11)4-15-6-13-14-7-15/h1-3,5-7H,4H2. The van der Waals surface area contributed by atoms with E-state index in [9.17, 15) is 0 Å².